The van der Waals surface area contributed by atoms with Crippen LogP contribution in [-0.4, -0.2) is 71.6 Å². The van der Waals surface area contributed by atoms with Crippen LogP contribution < -0.4 is 9.04 Å². The number of rotatable bonds is 11. The molecule has 0 aliphatic carbocycles. The second kappa shape index (κ2) is 12.0. The summed E-state index contributed by atoms with van der Waals surface area (Å²) < 4.78 is 33.6. The van der Waals surface area contributed by atoms with Gasteiger partial charge in [-0.2, -0.15) is 0 Å². The van der Waals surface area contributed by atoms with E-state index >= 15 is 0 Å². The quantitative estimate of drug-likeness (QED) is 0.407. The Hall–Kier alpha value is -1.61. The molecule has 6 nitrogen and oxygen atoms in total. The lowest BCUT2D eigenvalue weighted by Crippen LogP contribution is -2.44. The van der Waals surface area contributed by atoms with E-state index in [1.807, 2.05) is 12.1 Å². The molecule has 176 valence electrons. The molecule has 0 amide bonds. The van der Waals surface area contributed by atoms with E-state index in [2.05, 4.69) is 32.8 Å². The Kier molecular flexibility index (Phi) is 9.40. The molecule has 0 aromatic heterocycles. The average Bonchev–Trinajstić information content (AvgIpc) is 2.80. The van der Waals surface area contributed by atoms with E-state index in [4.69, 9.17) is 4.74 Å². The Morgan fingerprint density at radius 2 is 1.53 bits per heavy atom. The van der Waals surface area contributed by atoms with Crippen LogP contribution in [-0.2, 0) is 10.0 Å². The first-order chi connectivity index (χ1) is 15.4. The molecule has 32 heavy (non-hydrogen) atoms. The number of piperazine rings is 1. The van der Waals surface area contributed by atoms with Crippen LogP contribution in [0.3, 0.4) is 0 Å². The molecule has 2 aromatic carbocycles. The predicted molar refractivity (Wildman–Crippen MR) is 134 cm³/mol. The summed E-state index contributed by atoms with van der Waals surface area (Å²) in [5, 5.41) is 0. The van der Waals surface area contributed by atoms with Crippen molar-refractivity contribution < 1.29 is 13.2 Å². The maximum Gasteiger partial charge on any atom is 0.264 e. The average molecular weight is 525 g/mol. The summed E-state index contributed by atoms with van der Waals surface area (Å²) in [6.07, 6.45) is 4.67. The highest BCUT2D eigenvalue weighted by Crippen LogP contribution is 2.25. The molecule has 0 unspecified atom stereocenters. The normalized spacial score (nSPS) is 15.6. The van der Waals surface area contributed by atoms with Gasteiger partial charge >= 0.3 is 0 Å². The van der Waals surface area contributed by atoms with Crippen LogP contribution in [0.4, 0.5) is 5.69 Å². The number of benzene rings is 2. The molecule has 1 heterocycles. The molecule has 1 saturated heterocycles. The Bertz CT molecular complexity index is 928. The van der Waals surface area contributed by atoms with E-state index < -0.39 is 10.0 Å². The van der Waals surface area contributed by atoms with Crippen LogP contribution in [0, 0.1) is 0 Å². The van der Waals surface area contributed by atoms with Crippen LogP contribution in [0.15, 0.2) is 57.9 Å². The highest BCUT2D eigenvalue weighted by molar-refractivity contribution is 9.10. The monoisotopic (exact) mass is 523 g/mol. The zero-order valence-corrected chi connectivity index (χ0v) is 21.4. The lowest BCUT2D eigenvalue weighted by molar-refractivity contribution is 0.151. The van der Waals surface area contributed by atoms with Crippen molar-refractivity contribution in [3.63, 3.8) is 0 Å². The van der Waals surface area contributed by atoms with E-state index in [-0.39, 0.29) is 4.90 Å². The fourth-order valence-corrected chi connectivity index (χ4v) is 5.17. The highest BCUT2D eigenvalue weighted by Gasteiger charge is 2.21. The summed E-state index contributed by atoms with van der Waals surface area (Å²) in [6, 6.07) is 13.9. The molecule has 1 aliphatic heterocycles. The third-order valence-electron chi connectivity index (χ3n) is 5.91. The highest BCUT2D eigenvalue weighted by atomic mass is 79.9. The van der Waals surface area contributed by atoms with E-state index in [0.717, 1.165) is 16.6 Å². The number of anilines is 1. The lowest BCUT2D eigenvalue weighted by atomic mass is 10.2. The second-order valence-corrected chi connectivity index (χ2v) is 11.2. The van der Waals surface area contributed by atoms with Crippen molar-refractivity contribution in [3.8, 4) is 5.75 Å². The van der Waals surface area contributed by atoms with E-state index in [1.165, 1.54) is 56.3 Å². The van der Waals surface area contributed by atoms with Crippen LogP contribution in [0.1, 0.15) is 25.7 Å². The predicted octanol–water partition coefficient (Wildman–Crippen LogP) is 4.46. The van der Waals surface area contributed by atoms with E-state index in [9.17, 15) is 8.42 Å². The SMILES string of the molecule is CN1CCN(CCCCCCOc2ccc(N(C)S(=O)(=O)c3ccc(Br)cc3)cc2)CC1. The van der Waals surface area contributed by atoms with Gasteiger partial charge in [0.05, 0.1) is 17.2 Å². The largest absolute Gasteiger partial charge is 0.494 e. The second-order valence-electron chi connectivity index (χ2n) is 8.33. The van der Waals surface area contributed by atoms with Crippen LogP contribution in [0.5, 0.6) is 5.75 Å². The molecule has 8 heteroatoms. The van der Waals surface area contributed by atoms with Gasteiger partial charge in [-0.15, -0.1) is 0 Å². The van der Waals surface area contributed by atoms with E-state index in [1.54, 1.807) is 43.4 Å². The van der Waals surface area contributed by atoms with Crippen molar-refractivity contribution in [2.75, 3.05) is 57.7 Å². The molecular formula is C24H34BrN3O3S. The topological polar surface area (TPSA) is 53.1 Å². The standard InChI is InChI=1S/C24H34BrN3O3S/c1-26-16-18-28(19-17-26)15-5-3-4-6-20-31-23-11-9-22(10-12-23)27(2)32(29,30)24-13-7-21(25)8-14-24/h7-14H,3-6,15-20H2,1-2H3. The summed E-state index contributed by atoms with van der Waals surface area (Å²) in [5.41, 5.74) is 0.601. The summed E-state index contributed by atoms with van der Waals surface area (Å²) in [6.45, 7) is 6.62. The van der Waals surface area contributed by atoms with Gasteiger partial charge in [-0.1, -0.05) is 28.8 Å². The molecule has 0 spiro atoms. The van der Waals surface area contributed by atoms with Gasteiger partial charge in [0.25, 0.3) is 10.0 Å². The van der Waals surface area contributed by atoms with Gasteiger partial charge in [0.15, 0.2) is 0 Å². The lowest BCUT2D eigenvalue weighted by Gasteiger charge is -2.32. The number of hydrogen-bond acceptors (Lipinski definition) is 5. The molecule has 0 saturated carbocycles. The molecule has 0 N–H and O–H groups in total. The Morgan fingerprint density at radius 3 is 2.19 bits per heavy atom. The van der Waals surface area contributed by atoms with Gasteiger partial charge < -0.3 is 14.5 Å². The fraction of sp³-hybridized carbons (Fsp3) is 0.500. The maximum atomic E-state index is 12.8. The Labute approximate surface area is 201 Å². The third-order valence-corrected chi connectivity index (χ3v) is 8.23. The molecule has 0 radical (unpaired) electrons. The van der Waals surface area contributed by atoms with Crippen molar-refractivity contribution >= 4 is 31.6 Å². The summed E-state index contributed by atoms with van der Waals surface area (Å²) in [7, 11) is 0.158. The zero-order chi connectivity index (χ0) is 23.0. The summed E-state index contributed by atoms with van der Waals surface area (Å²) in [5.74, 6) is 0.764. The van der Waals surface area contributed by atoms with Crippen molar-refractivity contribution in [3.05, 3.63) is 53.0 Å². The van der Waals surface area contributed by atoms with Crippen LogP contribution in [0.2, 0.25) is 0 Å². The third kappa shape index (κ3) is 7.20. The van der Waals surface area contributed by atoms with Gasteiger partial charge in [-0.25, -0.2) is 8.42 Å². The van der Waals surface area contributed by atoms with Crippen LogP contribution >= 0.6 is 15.9 Å². The van der Waals surface area contributed by atoms with Crippen molar-refractivity contribution in [1.29, 1.82) is 0 Å². The van der Waals surface area contributed by atoms with Gasteiger partial charge in [0.2, 0.25) is 0 Å². The molecular weight excluding hydrogens is 490 g/mol. The molecule has 3 rings (SSSR count). The van der Waals surface area contributed by atoms with Gasteiger partial charge in [-0.3, -0.25) is 4.31 Å². The summed E-state index contributed by atoms with van der Waals surface area (Å²) >= 11 is 3.33. The zero-order valence-electron chi connectivity index (χ0n) is 19.0. The molecule has 2 aromatic rings. The molecule has 0 bridgehead atoms. The molecule has 0 atom stereocenters. The van der Waals surface area contributed by atoms with Crippen molar-refractivity contribution in [2.24, 2.45) is 0 Å². The van der Waals surface area contributed by atoms with Crippen LogP contribution in [0.25, 0.3) is 0 Å². The number of ether oxygens (including phenoxy) is 1. The number of halogens is 1. The minimum Gasteiger partial charge on any atom is -0.494 e. The minimum atomic E-state index is -3.60. The fourth-order valence-electron chi connectivity index (χ4n) is 3.71. The first kappa shape index (κ1) is 25.0. The minimum absolute atomic E-state index is 0.260. The van der Waals surface area contributed by atoms with Crippen molar-refractivity contribution in [1.82, 2.24) is 9.80 Å². The van der Waals surface area contributed by atoms with Gasteiger partial charge in [-0.05, 0) is 75.0 Å². The maximum absolute atomic E-state index is 12.8. The molecule has 1 aliphatic rings. The van der Waals surface area contributed by atoms with Crippen molar-refractivity contribution in [2.45, 2.75) is 30.6 Å². The number of unbranched alkanes of at least 4 members (excludes halogenated alkanes) is 3. The first-order valence-corrected chi connectivity index (χ1v) is 13.5. The van der Waals surface area contributed by atoms with Gasteiger partial charge in [0.1, 0.15) is 5.75 Å². The number of sulfonamides is 1. The molecule has 1 fully saturated rings. The number of likely N-dealkylation sites (N-methyl/N-ethyl adjacent to an activating group) is 1. The smallest absolute Gasteiger partial charge is 0.264 e. The number of nitrogens with zero attached hydrogens (tertiary/aromatic N) is 3. The van der Waals surface area contributed by atoms with Gasteiger partial charge in [0, 0.05) is 37.7 Å². The Morgan fingerprint density at radius 1 is 0.906 bits per heavy atom. The summed E-state index contributed by atoms with van der Waals surface area (Å²) in [4.78, 5) is 5.21. The number of hydrogen-bond donors (Lipinski definition) is 0. The Balaban J connectivity index is 1.37. The van der Waals surface area contributed by atoms with E-state index in [0.29, 0.717) is 12.3 Å². The first-order valence-electron chi connectivity index (χ1n) is 11.2.